The third-order valence-corrected chi connectivity index (χ3v) is 2.65. The minimum absolute atomic E-state index is 0.151. The van der Waals surface area contributed by atoms with Crippen LogP contribution in [0.2, 0.25) is 0 Å². The third kappa shape index (κ3) is 5.39. The number of hydrogen-bond acceptors (Lipinski definition) is 3. The van der Waals surface area contributed by atoms with Crippen LogP contribution < -0.4 is 5.32 Å². The summed E-state index contributed by atoms with van der Waals surface area (Å²) in [5.74, 6) is 0. The highest BCUT2D eigenvalue weighted by molar-refractivity contribution is 4.78. The molecule has 0 radical (unpaired) electrons. The normalized spacial score (nSPS) is 21.8. The van der Waals surface area contributed by atoms with E-state index in [2.05, 4.69) is 5.32 Å². The zero-order valence-corrected chi connectivity index (χ0v) is 9.22. The fraction of sp³-hybridized carbons (Fsp3) is 1.00. The van der Waals surface area contributed by atoms with Gasteiger partial charge in [0.05, 0.1) is 13.2 Å². The van der Waals surface area contributed by atoms with Crippen molar-refractivity contribution in [3.63, 3.8) is 0 Å². The Morgan fingerprint density at radius 1 is 1.53 bits per heavy atom. The number of halogens is 2. The quantitative estimate of drug-likeness (QED) is 0.694. The molecule has 0 spiro atoms. The van der Waals surface area contributed by atoms with E-state index in [0.717, 1.165) is 19.4 Å². The molecule has 3 nitrogen and oxygen atoms in total. The Balaban J connectivity index is 2.26. The molecule has 0 bridgehead atoms. The predicted molar refractivity (Wildman–Crippen MR) is 55.3 cm³/mol. The van der Waals surface area contributed by atoms with Crippen LogP contribution in [0.25, 0.3) is 0 Å². The first-order chi connectivity index (χ1) is 7.22. The molecular formula is C10H20F2N2O. The summed E-state index contributed by atoms with van der Waals surface area (Å²) >= 11 is 0. The monoisotopic (exact) mass is 222 g/mol. The fourth-order valence-corrected chi connectivity index (χ4v) is 1.90. The molecule has 1 saturated heterocycles. The smallest absolute Gasteiger partial charge is 0.251 e. The van der Waals surface area contributed by atoms with Gasteiger partial charge in [0.25, 0.3) is 6.43 Å². The van der Waals surface area contributed by atoms with Gasteiger partial charge < -0.3 is 10.1 Å². The maximum atomic E-state index is 12.3. The van der Waals surface area contributed by atoms with Gasteiger partial charge >= 0.3 is 0 Å². The fourth-order valence-electron chi connectivity index (χ4n) is 1.90. The molecule has 0 aliphatic carbocycles. The topological polar surface area (TPSA) is 24.5 Å². The van der Waals surface area contributed by atoms with Crippen LogP contribution in [0, 0.1) is 0 Å². The average molecular weight is 222 g/mol. The average Bonchev–Trinajstić information content (AvgIpc) is 2.66. The van der Waals surface area contributed by atoms with E-state index in [0.29, 0.717) is 25.7 Å². The van der Waals surface area contributed by atoms with Crippen molar-refractivity contribution in [3.05, 3.63) is 0 Å². The lowest BCUT2D eigenvalue weighted by Gasteiger charge is -2.24. The summed E-state index contributed by atoms with van der Waals surface area (Å²) in [4.78, 5) is 1.77. The molecule has 1 aliphatic rings. The van der Waals surface area contributed by atoms with Crippen molar-refractivity contribution in [3.8, 4) is 0 Å². The summed E-state index contributed by atoms with van der Waals surface area (Å²) in [6.07, 6.45) is -0.0206. The SMILES string of the molecule is COCCN(CC(F)F)CC1CCCN1. The van der Waals surface area contributed by atoms with Crippen LogP contribution in [-0.4, -0.2) is 57.3 Å². The first-order valence-corrected chi connectivity index (χ1v) is 5.45. The molecule has 0 amide bonds. The first-order valence-electron chi connectivity index (χ1n) is 5.45. The van der Waals surface area contributed by atoms with Gasteiger partial charge in [-0.2, -0.15) is 0 Å². The first kappa shape index (κ1) is 12.8. The summed E-state index contributed by atoms with van der Waals surface area (Å²) < 4.78 is 29.5. The Labute approximate surface area is 89.8 Å². The molecule has 1 aliphatic heterocycles. The summed E-state index contributed by atoms with van der Waals surface area (Å²) in [6, 6.07) is 0.376. The van der Waals surface area contributed by atoms with Crippen LogP contribution >= 0.6 is 0 Å². The largest absolute Gasteiger partial charge is 0.383 e. The van der Waals surface area contributed by atoms with Crippen molar-refractivity contribution in [1.29, 1.82) is 0 Å². The van der Waals surface area contributed by atoms with Crippen LogP contribution in [0.3, 0.4) is 0 Å². The molecule has 90 valence electrons. The molecule has 1 atom stereocenters. The summed E-state index contributed by atoms with van der Waals surface area (Å²) in [7, 11) is 1.59. The molecule has 0 saturated carbocycles. The molecular weight excluding hydrogens is 202 g/mol. The summed E-state index contributed by atoms with van der Waals surface area (Å²) in [5, 5.41) is 3.31. The molecule has 1 unspecified atom stereocenters. The highest BCUT2D eigenvalue weighted by Crippen LogP contribution is 2.08. The van der Waals surface area contributed by atoms with E-state index in [4.69, 9.17) is 4.74 Å². The van der Waals surface area contributed by atoms with E-state index in [9.17, 15) is 8.78 Å². The number of nitrogens with zero attached hydrogens (tertiary/aromatic N) is 1. The summed E-state index contributed by atoms with van der Waals surface area (Å²) in [6.45, 7) is 2.66. The van der Waals surface area contributed by atoms with Crippen LogP contribution in [-0.2, 0) is 4.74 Å². The lowest BCUT2D eigenvalue weighted by atomic mass is 10.2. The highest BCUT2D eigenvalue weighted by Gasteiger charge is 2.19. The number of alkyl halides is 2. The molecule has 1 rings (SSSR count). The van der Waals surface area contributed by atoms with Crippen molar-refractivity contribution in [1.82, 2.24) is 10.2 Å². The van der Waals surface area contributed by atoms with Crippen molar-refractivity contribution < 1.29 is 13.5 Å². The molecule has 1 N–H and O–H groups in total. The minimum atomic E-state index is -2.26. The number of methoxy groups -OCH3 is 1. The van der Waals surface area contributed by atoms with Crippen LogP contribution in [0.4, 0.5) is 8.78 Å². The number of hydrogen-bond donors (Lipinski definition) is 1. The number of ether oxygens (including phenoxy) is 1. The molecule has 0 aromatic carbocycles. The highest BCUT2D eigenvalue weighted by atomic mass is 19.3. The molecule has 15 heavy (non-hydrogen) atoms. The van der Waals surface area contributed by atoms with E-state index in [-0.39, 0.29) is 6.54 Å². The van der Waals surface area contributed by atoms with Gasteiger partial charge in [0.15, 0.2) is 0 Å². The van der Waals surface area contributed by atoms with Gasteiger partial charge in [-0.25, -0.2) is 8.78 Å². The number of rotatable bonds is 7. The molecule has 0 aromatic rings. The molecule has 1 heterocycles. The molecule has 0 aromatic heterocycles. The van der Waals surface area contributed by atoms with Gasteiger partial charge in [0.2, 0.25) is 0 Å². The van der Waals surface area contributed by atoms with Crippen molar-refractivity contribution in [2.24, 2.45) is 0 Å². The van der Waals surface area contributed by atoms with Crippen molar-refractivity contribution in [2.75, 3.05) is 39.9 Å². The third-order valence-electron chi connectivity index (χ3n) is 2.65. The number of nitrogens with one attached hydrogen (secondary N) is 1. The lowest BCUT2D eigenvalue weighted by molar-refractivity contribution is 0.0669. The zero-order valence-electron chi connectivity index (χ0n) is 9.22. The van der Waals surface area contributed by atoms with E-state index in [1.54, 1.807) is 12.0 Å². The molecule has 1 fully saturated rings. The van der Waals surface area contributed by atoms with Crippen LogP contribution in [0.15, 0.2) is 0 Å². The predicted octanol–water partition coefficient (Wildman–Crippen LogP) is 0.952. The maximum Gasteiger partial charge on any atom is 0.251 e. The van der Waals surface area contributed by atoms with E-state index < -0.39 is 6.43 Å². The zero-order chi connectivity index (χ0) is 11.1. The molecule has 5 heteroatoms. The van der Waals surface area contributed by atoms with Gasteiger partial charge in [0, 0.05) is 26.2 Å². The van der Waals surface area contributed by atoms with E-state index in [1.165, 1.54) is 0 Å². The Morgan fingerprint density at radius 3 is 2.87 bits per heavy atom. The van der Waals surface area contributed by atoms with Crippen molar-refractivity contribution in [2.45, 2.75) is 25.3 Å². The Kier molecular flexibility index (Phi) is 6.05. The second-order valence-corrected chi connectivity index (χ2v) is 3.94. The Bertz CT molecular complexity index is 164. The van der Waals surface area contributed by atoms with Gasteiger partial charge in [-0.05, 0) is 19.4 Å². The maximum absolute atomic E-state index is 12.3. The van der Waals surface area contributed by atoms with E-state index in [1.807, 2.05) is 0 Å². The standard InChI is InChI=1S/C10H20F2N2O/c1-15-6-5-14(8-10(11)12)7-9-3-2-4-13-9/h9-10,13H,2-8H2,1H3. The second kappa shape index (κ2) is 7.09. The van der Waals surface area contributed by atoms with Gasteiger partial charge in [0.1, 0.15) is 0 Å². The van der Waals surface area contributed by atoms with Crippen LogP contribution in [0.1, 0.15) is 12.8 Å². The van der Waals surface area contributed by atoms with Crippen molar-refractivity contribution >= 4 is 0 Å². The minimum Gasteiger partial charge on any atom is -0.383 e. The van der Waals surface area contributed by atoms with Gasteiger partial charge in [-0.15, -0.1) is 0 Å². The Hall–Kier alpha value is -0.260. The lowest BCUT2D eigenvalue weighted by Crippen LogP contribution is -2.41. The van der Waals surface area contributed by atoms with Gasteiger partial charge in [-0.3, -0.25) is 4.90 Å². The second-order valence-electron chi connectivity index (χ2n) is 3.94. The Morgan fingerprint density at radius 2 is 2.33 bits per heavy atom. The van der Waals surface area contributed by atoms with Gasteiger partial charge in [-0.1, -0.05) is 0 Å². The van der Waals surface area contributed by atoms with Crippen LogP contribution in [0.5, 0.6) is 0 Å². The van der Waals surface area contributed by atoms with E-state index >= 15 is 0 Å². The summed E-state index contributed by atoms with van der Waals surface area (Å²) in [5.41, 5.74) is 0.